The summed E-state index contributed by atoms with van der Waals surface area (Å²) in [6.45, 7) is 0. The highest BCUT2D eigenvalue weighted by Crippen LogP contribution is 2.12. The first-order valence-corrected chi connectivity index (χ1v) is 8.21. The van der Waals surface area contributed by atoms with Crippen molar-refractivity contribution in [2.45, 2.75) is 0 Å². The molecule has 134 valence electrons. The van der Waals surface area contributed by atoms with E-state index in [-0.39, 0.29) is 17.6 Å². The third-order valence-corrected chi connectivity index (χ3v) is 3.71. The molecule has 6 heteroatoms. The number of anilines is 1. The van der Waals surface area contributed by atoms with Crippen LogP contribution in [0.2, 0.25) is 0 Å². The van der Waals surface area contributed by atoms with Gasteiger partial charge < -0.3 is 10.4 Å². The number of nitrogens with zero attached hydrogens (tertiary/aromatic N) is 1. The number of rotatable bonds is 5. The van der Waals surface area contributed by atoms with Crippen molar-refractivity contribution in [3.05, 3.63) is 95.6 Å². The summed E-state index contributed by atoms with van der Waals surface area (Å²) in [6, 6.07) is 21.8. The lowest BCUT2D eigenvalue weighted by Gasteiger charge is -2.06. The molecule has 27 heavy (non-hydrogen) atoms. The molecular formula is C21H17N3O3. The van der Waals surface area contributed by atoms with Crippen molar-refractivity contribution in [1.29, 1.82) is 0 Å². The molecule has 0 saturated carbocycles. The molecule has 0 aliphatic rings. The molecule has 0 fully saturated rings. The minimum absolute atomic E-state index is 0.163. The average molecular weight is 359 g/mol. The maximum Gasteiger partial charge on any atom is 0.271 e. The number of amides is 2. The van der Waals surface area contributed by atoms with Crippen LogP contribution < -0.4 is 10.7 Å². The second kappa shape index (κ2) is 8.44. The fourth-order valence-electron chi connectivity index (χ4n) is 2.29. The number of hydrazone groups is 1. The van der Waals surface area contributed by atoms with Crippen molar-refractivity contribution in [1.82, 2.24) is 5.43 Å². The van der Waals surface area contributed by atoms with Crippen LogP contribution in [0.5, 0.6) is 5.75 Å². The monoisotopic (exact) mass is 359 g/mol. The number of benzene rings is 3. The second-order valence-corrected chi connectivity index (χ2v) is 5.69. The third kappa shape index (κ3) is 5.02. The van der Waals surface area contributed by atoms with Gasteiger partial charge in [-0.3, -0.25) is 9.59 Å². The van der Waals surface area contributed by atoms with Crippen molar-refractivity contribution in [3.63, 3.8) is 0 Å². The average Bonchev–Trinajstić information content (AvgIpc) is 2.70. The van der Waals surface area contributed by atoms with Crippen LogP contribution in [0.25, 0.3) is 0 Å². The van der Waals surface area contributed by atoms with Gasteiger partial charge in [0.25, 0.3) is 11.8 Å². The van der Waals surface area contributed by atoms with Crippen molar-refractivity contribution in [3.8, 4) is 5.75 Å². The molecule has 0 bridgehead atoms. The first-order valence-electron chi connectivity index (χ1n) is 8.21. The first kappa shape index (κ1) is 17.9. The van der Waals surface area contributed by atoms with Crippen molar-refractivity contribution in [2.24, 2.45) is 5.10 Å². The molecule has 0 aromatic heterocycles. The zero-order chi connectivity index (χ0) is 19.1. The van der Waals surface area contributed by atoms with E-state index >= 15 is 0 Å². The van der Waals surface area contributed by atoms with Crippen molar-refractivity contribution in [2.75, 3.05) is 5.32 Å². The quantitative estimate of drug-likeness (QED) is 0.482. The molecule has 3 aromatic carbocycles. The van der Waals surface area contributed by atoms with Gasteiger partial charge in [0.1, 0.15) is 5.75 Å². The van der Waals surface area contributed by atoms with Crippen LogP contribution in [0, 0.1) is 0 Å². The Morgan fingerprint density at radius 1 is 0.778 bits per heavy atom. The zero-order valence-corrected chi connectivity index (χ0v) is 14.3. The predicted octanol–water partition coefficient (Wildman–Crippen LogP) is 3.41. The van der Waals surface area contributed by atoms with Gasteiger partial charge in [-0.25, -0.2) is 5.43 Å². The van der Waals surface area contributed by atoms with Crippen LogP contribution in [0.3, 0.4) is 0 Å². The van der Waals surface area contributed by atoms with Gasteiger partial charge in [-0.1, -0.05) is 18.2 Å². The van der Waals surface area contributed by atoms with Crippen LogP contribution >= 0.6 is 0 Å². The molecule has 0 spiro atoms. The molecule has 0 aliphatic heterocycles. The van der Waals surface area contributed by atoms with E-state index in [1.54, 1.807) is 60.7 Å². The highest BCUT2D eigenvalue weighted by Gasteiger charge is 2.07. The van der Waals surface area contributed by atoms with Gasteiger partial charge in [0.15, 0.2) is 0 Å². The van der Waals surface area contributed by atoms with Crippen molar-refractivity contribution < 1.29 is 14.7 Å². The lowest BCUT2D eigenvalue weighted by atomic mass is 10.1. The number of nitrogens with one attached hydrogen (secondary N) is 2. The zero-order valence-electron chi connectivity index (χ0n) is 14.3. The molecular weight excluding hydrogens is 342 g/mol. The second-order valence-electron chi connectivity index (χ2n) is 5.69. The van der Waals surface area contributed by atoms with Gasteiger partial charge in [0, 0.05) is 16.8 Å². The molecule has 3 aromatic rings. The van der Waals surface area contributed by atoms with Crippen molar-refractivity contribution >= 4 is 23.7 Å². The predicted molar refractivity (Wildman–Crippen MR) is 104 cm³/mol. The summed E-state index contributed by atoms with van der Waals surface area (Å²) in [5, 5.41) is 15.9. The number of carbonyl (C=O) groups is 2. The number of hydrogen-bond donors (Lipinski definition) is 3. The minimum Gasteiger partial charge on any atom is -0.508 e. The van der Waals surface area contributed by atoms with Gasteiger partial charge in [-0.2, -0.15) is 5.10 Å². The van der Waals surface area contributed by atoms with E-state index in [0.29, 0.717) is 16.8 Å². The van der Waals surface area contributed by atoms with E-state index < -0.39 is 0 Å². The Morgan fingerprint density at radius 2 is 1.41 bits per heavy atom. The summed E-state index contributed by atoms with van der Waals surface area (Å²) in [4.78, 5) is 24.2. The summed E-state index contributed by atoms with van der Waals surface area (Å²) in [5.41, 5.74) is 4.73. The lowest BCUT2D eigenvalue weighted by molar-refractivity contribution is 0.0954. The van der Waals surface area contributed by atoms with Gasteiger partial charge >= 0.3 is 0 Å². The molecule has 3 N–H and O–H groups in total. The highest BCUT2D eigenvalue weighted by atomic mass is 16.3. The van der Waals surface area contributed by atoms with E-state index in [2.05, 4.69) is 15.8 Å². The Kier molecular flexibility index (Phi) is 5.59. The van der Waals surface area contributed by atoms with E-state index in [1.807, 2.05) is 6.07 Å². The molecule has 3 rings (SSSR count). The Hall–Kier alpha value is -3.93. The Morgan fingerprint density at radius 3 is 2.07 bits per heavy atom. The lowest BCUT2D eigenvalue weighted by Crippen LogP contribution is -2.17. The van der Waals surface area contributed by atoms with Gasteiger partial charge in [-0.15, -0.1) is 0 Å². The molecule has 2 amide bonds. The summed E-state index contributed by atoms with van der Waals surface area (Å²) in [7, 11) is 0. The fourth-order valence-corrected chi connectivity index (χ4v) is 2.29. The minimum atomic E-state index is -0.369. The van der Waals surface area contributed by atoms with Crippen LogP contribution in [-0.4, -0.2) is 23.1 Å². The highest BCUT2D eigenvalue weighted by molar-refractivity contribution is 6.04. The topological polar surface area (TPSA) is 90.8 Å². The third-order valence-electron chi connectivity index (χ3n) is 3.71. The largest absolute Gasteiger partial charge is 0.508 e. The summed E-state index contributed by atoms with van der Waals surface area (Å²) >= 11 is 0. The van der Waals surface area contributed by atoms with Crippen LogP contribution in [-0.2, 0) is 0 Å². The van der Waals surface area contributed by atoms with Gasteiger partial charge in [0.05, 0.1) is 6.21 Å². The Bertz CT molecular complexity index is 950. The summed E-state index contributed by atoms with van der Waals surface area (Å²) in [6.07, 6.45) is 1.48. The molecule has 0 atom stereocenters. The SMILES string of the molecule is O=C(N/N=C/c1ccc(O)cc1)c1ccc(NC(=O)c2ccccc2)cc1. The molecule has 6 nitrogen and oxygen atoms in total. The summed E-state index contributed by atoms with van der Waals surface area (Å²) < 4.78 is 0. The molecule has 0 heterocycles. The molecule has 0 aliphatic carbocycles. The fraction of sp³-hybridized carbons (Fsp3) is 0. The van der Waals surface area contributed by atoms with E-state index in [1.165, 1.54) is 18.3 Å². The van der Waals surface area contributed by atoms with Gasteiger partial charge in [-0.05, 0) is 66.2 Å². The summed E-state index contributed by atoms with van der Waals surface area (Å²) in [5.74, 6) is -0.423. The normalized spacial score (nSPS) is 10.5. The number of phenolic OH excluding ortho intramolecular Hbond substituents is 1. The smallest absolute Gasteiger partial charge is 0.271 e. The number of aromatic hydroxyl groups is 1. The Labute approximate surface area is 156 Å². The maximum atomic E-state index is 12.1. The van der Waals surface area contributed by atoms with E-state index in [0.717, 1.165) is 5.56 Å². The Balaban J connectivity index is 1.57. The number of hydrogen-bond acceptors (Lipinski definition) is 4. The first-order chi connectivity index (χ1) is 13.1. The number of phenols is 1. The maximum absolute atomic E-state index is 12.1. The van der Waals surface area contributed by atoms with Crippen LogP contribution in [0.15, 0.2) is 84.0 Å². The number of carbonyl (C=O) groups excluding carboxylic acids is 2. The van der Waals surface area contributed by atoms with Gasteiger partial charge in [0.2, 0.25) is 0 Å². The van der Waals surface area contributed by atoms with E-state index in [4.69, 9.17) is 0 Å². The molecule has 0 radical (unpaired) electrons. The van der Waals surface area contributed by atoms with Crippen LogP contribution in [0.1, 0.15) is 26.3 Å². The van der Waals surface area contributed by atoms with Crippen LogP contribution in [0.4, 0.5) is 5.69 Å². The molecule has 0 saturated heterocycles. The standard InChI is InChI=1S/C21H17N3O3/c25-19-12-6-15(7-13-19)14-22-24-21(27)17-8-10-18(11-9-17)23-20(26)16-4-2-1-3-5-16/h1-14,25H,(H,23,26)(H,24,27)/b22-14+. The molecule has 0 unspecified atom stereocenters. The van der Waals surface area contributed by atoms with E-state index in [9.17, 15) is 14.7 Å².